The van der Waals surface area contributed by atoms with Crippen LogP contribution in [0.3, 0.4) is 0 Å². The van der Waals surface area contributed by atoms with Crippen LogP contribution in [0.15, 0.2) is 29.3 Å². The fourth-order valence-electron chi connectivity index (χ4n) is 3.96. The number of pyridine rings is 1. The molecule has 0 aliphatic carbocycles. The van der Waals surface area contributed by atoms with Gasteiger partial charge < -0.3 is 37.6 Å². The molecule has 11 heteroatoms. The van der Waals surface area contributed by atoms with Crippen molar-refractivity contribution in [3.8, 4) is 0 Å². The minimum atomic E-state index is -0.602. The largest absolute Gasteiger partial charge is 0.382 e. The standard InChI is InChI=1S/C24H37N9O2.C2H6/c1-2-3-10-19-32-20-21(16-7-4-5-9-18(16)31-22(20)26)33(19)13-15-35-14-12-29-23(34)17(25)8-6-11-30-24(27)28;1-2/h4-5,7,9,17H,2-3,6,8,10-15,25H2,1H3,(H2,26,31)(H,29,34)(H4,27,28,30);1-2H3. The summed E-state index contributed by atoms with van der Waals surface area (Å²) >= 11 is 0. The minimum absolute atomic E-state index is 0.0367. The lowest BCUT2D eigenvalue weighted by atomic mass is 10.1. The van der Waals surface area contributed by atoms with Crippen molar-refractivity contribution in [2.45, 2.75) is 65.5 Å². The zero-order chi connectivity index (χ0) is 27.2. The Balaban J connectivity index is 0.00000235. The number of fused-ring (bicyclic) bond motifs is 3. The number of benzene rings is 1. The average molecular weight is 514 g/mol. The molecule has 0 aliphatic heterocycles. The van der Waals surface area contributed by atoms with Crippen LogP contribution in [0.1, 0.15) is 52.3 Å². The molecule has 3 rings (SSSR count). The van der Waals surface area contributed by atoms with Gasteiger partial charge in [-0.2, -0.15) is 0 Å². The molecule has 0 radical (unpaired) electrons. The number of nitrogen functional groups attached to an aromatic ring is 1. The Kier molecular flexibility index (Phi) is 12.6. The fraction of sp³-hybridized carbons (Fsp3) is 0.538. The van der Waals surface area contributed by atoms with Crippen molar-refractivity contribution >= 4 is 39.6 Å². The molecule has 3 aromatic rings. The highest BCUT2D eigenvalue weighted by Crippen LogP contribution is 2.29. The van der Waals surface area contributed by atoms with E-state index < -0.39 is 6.04 Å². The molecule has 0 aliphatic rings. The number of amides is 1. The predicted molar refractivity (Wildman–Crippen MR) is 151 cm³/mol. The van der Waals surface area contributed by atoms with E-state index >= 15 is 0 Å². The van der Waals surface area contributed by atoms with Crippen LogP contribution >= 0.6 is 0 Å². The maximum atomic E-state index is 12.1. The molecule has 204 valence electrons. The third-order valence-electron chi connectivity index (χ3n) is 5.75. The molecule has 37 heavy (non-hydrogen) atoms. The van der Waals surface area contributed by atoms with Gasteiger partial charge in [-0.25, -0.2) is 9.97 Å². The second-order valence-corrected chi connectivity index (χ2v) is 8.45. The number of anilines is 1. The van der Waals surface area contributed by atoms with Crippen LogP contribution in [0.4, 0.5) is 5.82 Å². The van der Waals surface area contributed by atoms with Gasteiger partial charge in [0.15, 0.2) is 11.8 Å². The highest BCUT2D eigenvalue weighted by molar-refractivity contribution is 6.06. The van der Waals surface area contributed by atoms with Crippen molar-refractivity contribution in [3.05, 3.63) is 30.1 Å². The monoisotopic (exact) mass is 513 g/mol. The Labute approximate surface area is 219 Å². The van der Waals surface area contributed by atoms with Gasteiger partial charge in [0.05, 0.1) is 30.3 Å². The van der Waals surface area contributed by atoms with Gasteiger partial charge in [-0.3, -0.25) is 9.79 Å². The van der Waals surface area contributed by atoms with Gasteiger partial charge in [-0.15, -0.1) is 0 Å². The van der Waals surface area contributed by atoms with Crippen molar-refractivity contribution in [2.24, 2.45) is 22.2 Å². The number of carbonyl (C=O) groups is 1. The maximum Gasteiger partial charge on any atom is 0.236 e. The number of para-hydroxylation sites is 1. The van der Waals surface area contributed by atoms with Crippen molar-refractivity contribution in [1.82, 2.24) is 19.9 Å². The molecule has 1 amide bonds. The number of ether oxygens (including phenoxy) is 1. The van der Waals surface area contributed by atoms with E-state index in [4.69, 9.17) is 32.7 Å². The van der Waals surface area contributed by atoms with E-state index in [1.807, 2.05) is 38.1 Å². The van der Waals surface area contributed by atoms with Crippen molar-refractivity contribution in [2.75, 3.05) is 32.0 Å². The zero-order valence-corrected chi connectivity index (χ0v) is 22.4. The van der Waals surface area contributed by atoms with E-state index in [0.29, 0.717) is 51.5 Å². The van der Waals surface area contributed by atoms with Crippen LogP contribution in [0, 0.1) is 0 Å². The van der Waals surface area contributed by atoms with E-state index in [1.54, 1.807) is 0 Å². The summed E-state index contributed by atoms with van der Waals surface area (Å²) in [5.74, 6) is 1.24. The number of aliphatic imine (C=N–C) groups is 1. The van der Waals surface area contributed by atoms with Crippen molar-refractivity contribution in [3.63, 3.8) is 0 Å². The second kappa shape index (κ2) is 15.6. The topological polar surface area (TPSA) is 185 Å². The number of aromatic nitrogens is 3. The summed E-state index contributed by atoms with van der Waals surface area (Å²) in [5.41, 5.74) is 25.3. The molecule has 2 aromatic heterocycles. The summed E-state index contributed by atoms with van der Waals surface area (Å²) in [7, 11) is 0. The molecule has 0 saturated carbocycles. The Morgan fingerprint density at radius 3 is 2.65 bits per heavy atom. The SMILES string of the molecule is CC.CCCCc1nc2c(N)nc3ccccc3c2n1CCOCCNC(=O)C(N)CCCN=C(N)N. The third-order valence-corrected chi connectivity index (χ3v) is 5.75. The van der Waals surface area contributed by atoms with Crippen LogP contribution in [0.2, 0.25) is 0 Å². The number of nitrogens with zero attached hydrogens (tertiary/aromatic N) is 4. The molecular formula is C26H43N9O2. The summed E-state index contributed by atoms with van der Waals surface area (Å²) in [4.78, 5) is 25.4. The molecule has 2 heterocycles. The lowest BCUT2D eigenvalue weighted by molar-refractivity contribution is -0.122. The number of nitrogens with two attached hydrogens (primary N) is 4. The van der Waals surface area contributed by atoms with Gasteiger partial charge in [0.1, 0.15) is 11.3 Å². The first-order valence-corrected chi connectivity index (χ1v) is 13.1. The first kappa shape index (κ1) is 29.8. The first-order valence-electron chi connectivity index (χ1n) is 13.1. The smallest absolute Gasteiger partial charge is 0.236 e. The van der Waals surface area contributed by atoms with Crippen LogP contribution in [0.25, 0.3) is 21.9 Å². The maximum absolute atomic E-state index is 12.1. The molecule has 0 bridgehead atoms. The quantitative estimate of drug-likeness (QED) is 0.123. The second-order valence-electron chi connectivity index (χ2n) is 8.45. The summed E-state index contributed by atoms with van der Waals surface area (Å²) in [6.07, 6.45) is 4.11. The lowest BCUT2D eigenvalue weighted by Crippen LogP contribution is -2.41. The predicted octanol–water partition coefficient (Wildman–Crippen LogP) is 2.05. The minimum Gasteiger partial charge on any atom is -0.382 e. The number of rotatable bonds is 14. The van der Waals surface area contributed by atoms with Crippen LogP contribution in [0.5, 0.6) is 0 Å². The van der Waals surface area contributed by atoms with Gasteiger partial charge in [0.2, 0.25) is 5.91 Å². The van der Waals surface area contributed by atoms with E-state index in [9.17, 15) is 4.79 Å². The van der Waals surface area contributed by atoms with Gasteiger partial charge in [-0.1, -0.05) is 45.4 Å². The number of hydrogen-bond acceptors (Lipinski definition) is 7. The van der Waals surface area contributed by atoms with Gasteiger partial charge in [0.25, 0.3) is 0 Å². The molecule has 1 atom stereocenters. The van der Waals surface area contributed by atoms with Crippen LogP contribution < -0.4 is 28.3 Å². The van der Waals surface area contributed by atoms with Gasteiger partial charge in [0, 0.05) is 31.4 Å². The highest BCUT2D eigenvalue weighted by atomic mass is 16.5. The molecule has 0 spiro atoms. The van der Waals surface area contributed by atoms with E-state index in [0.717, 1.165) is 47.0 Å². The number of aryl methyl sites for hydroxylation is 1. The summed E-state index contributed by atoms with van der Waals surface area (Å²) < 4.78 is 8.01. The van der Waals surface area contributed by atoms with E-state index in [2.05, 4.69) is 26.8 Å². The fourth-order valence-corrected chi connectivity index (χ4v) is 3.96. The molecule has 11 nitrogen and oxygen atoms in total. The Bertz CT molecular complexity index is 1160. The summed E-state index contributed by atoms with van der Waals surface area (Å²) in [6, 6.07) is 7.34. The van der Waals surface area contributed by atoms with Crippen LogP contribution in [-0.4, -0.2) is 58.7 Å². The zero-order valence-electron chi connectivity index (χ0n) is 22.4. The molecule has 1 unspecified atom stereocenters. The highest BCUT2D eigenvalue weighted by Gasteiger charge is 2.17. The number of hydrogen-bond donors (Lipinski definition) is 5. The Hall–Kier alpha value is -3.44. The average Bonchev–Trinajstić information content (AvgIpc) is 3.27. The normalized spacial score (nSPS) is 11.7. The number of nitrogens with one attached hydrogen (secondary N) is 1. The third kappa shape index (κ3) is 8.57. The summed E-state index contributed by atoms with van der Waals surface area (Å²) in [5, 5.41) is 3.83. The summed E-state index contributed by atoms with van der Waals surface area (Å²) in [6.45, 7) is 8.47. The first-order chi connectivity index (χ1) is 17.9. The molecule has 1 aromatic carbocycles. The van der Waals surface area contributed by atoms with Crippen molar-refractivity contribution in [1.29, 1.82) is 0 Å². The number of carbonyl (C=O) groups excluding carboxylic acids is 1. The van der Waals surface area contributed by atoms with Gasteiger partial charge >= 0.3 is 0 Å². The molecule has 0 saturated heterocycles. The van der Waals surface area contributed by atoms with E-state index in [-0.39, 0.29) is 11.9 Å². The molecule has 0 fully saturated rings. The number of guanidine groups is 1. The lowest BCUT2D eigenvalue weighted by Gasteiger charge is -2.13. The Morgan fingerprint density at radius 1 is 1.16 bits per heavy atom. The molecular weight excluding hydrogens is 470 g/mol. The van der Waals surface area contributed by atoms with Gasteiger partial charge in [-0.05, 0) is 25.3 Å². The van der Waals surface area contributed by atoms with Crippen molar-refractivity contribution < 1.29 is 9.53 Å². The van der Waals surface area contributed by atoms with E-state index in [1.165, 1.54) is 0 Å². The molecule has 9 N–H and O–H groups in total. The van der Waals surface area contributed by atoms with Crippen LogP contribution in [-0.2, 0) is 22.5 Å². The number of imidazole rings is 1. The number of unbranched alkanes of at least 4 members (excludes halogenated alkanes) is 1. The Morgan fingerprint density at radius 2 is 1.92 bits per heavy atom.